The molecule has 0 saturated carbocycles. The van der Waals surface area contributed by atoms with Gasteiger partial charge in [0.25, 0.3) is 0 Å². The Bertz CT molecular complexity index is 742. The number of nitrogens with one attached hydrogen (secondary N) is 1. The highest BCUT2D eigenvalue weighted by molar-refractivity contribution is 5.78. The quantitative estimate of drug-likeness (QED) is 0.721. The first-order valence-electron chi connectivity index (χ1n) is 8.30. The maximum Gasteiger partial charge on any atom is 0.305 e. The summed E-state index contributed by atoms with van der Waals surface area (Å²) in [5, 5.41) is 12.0. The smallest absolute Gasteiger partial charge is 0.305 e. The van der Waals surface area contributed by atoms with Gasteiger partial charge in [-0.3, -0.25) is 9.59 Å². The summed E-state index contributed by atoms with van der Waals surface area (Å²) in [6.07, 6.45) is 0.567. The number of hydrogen-bond donors (Lipinski definition) is 2. The molecule has 6 heteroatoms. The van der Waals surface area contributed by atoms with E-state index in [1.54, 1.807) is 38.5 Å². The summed E-state index contributed by atoms with van der Waals surface area (Å²) in [7, 11) is 3.15. The van der Waals surface area contributed by atoms with Gasteiger partial charge >= 0.3 is 5.97 Å². The molecule has 2 aromatic rings. The molecule has 2 aromatic carbocycles. The number of aryl methyl sites for hydroxylation is 1. The lowest BCUT2D eigenvalue weighted by molar-refractivity contribution is -0.137. The zero-order chi connectivity index (χ0) is 18.9. The Kier molecular flexibility index (Phi) is 7.02. The molecule has 0 radical (unpaired) electrons. The van der Waals surface area contributed by atoms with Crippen molar-refractivity contribution in [2.45, 2.75) is 25.3 Å². The minimum absolute atomic E-state index is 0.188. The predicted molar refractivity (Wildman–Crippen MR) is 97.4 cm³/mol. The van der Waals surface area contributed by atoms with E-state index >= 15 is 0 Å². The molecule has 26 heavy (non-hydrogen) atoms. The van der Waals surface area contributed by atoms with Crippen LogP contribution < -0.4 is 14.8 Å². The first-order chi connectivity index (χ1) is 12.5. The molecular formula is C20H23NO5. The van der Waals surface area contributed by atoms with E-state index in [1.807, 2.05) is 24.3 Å². The number of carbonyl (C=O) groups excluding carboxylic acids is 1. The van der Waals surface area contributed by atoms with Crippen molar-refractivity contribution in [2.75, 3.05) is 14.2 Å². The Balaban J connectivity index is 2.02. The van der Waals surface area contributed by atoms with Gasteiger partial charge in [-0.15, -0.1) is 0 Å². The van der Waals surface area contributed by atoms with E-state index in [0.29, 0.717) is 12.2 Å². The van der Waals surface area contributed by atoms with Gasteiger partial charge < -0.3 is 19.9 Å². The number of benzene rings is 2. The molecule has 0 heterocycles. The van der Waals surface area contributed by atoms with Crippen LogP contribution in [0.15, 0.2) is 48.5 Å². The molecule has 0 aliphatic heterocycles. The van der Waals surface area contributed by atoms with Gasteiger partial charge in [0.15, 0.2) is 0 Å². The third-order valence-electron chi connectivity index (χ3n) is 4.05. The normalized spacial score (nSPS) is 11.5. The summed E-state index contributed by atoms with van der Waals surface area (Å²) >= 11 is 0. The van der Waals surface area contributed by atoms with Gasteiger partial charge in [-0.25, -0.2) is 0 Å². The summed E-state index contributed by atoms with van der Waals surface area (Å²) in [4.78, 5) is 23.5. The first kappa shape index (κ1) is 19.3. The predicted octanol–water partition coefficient (Wildman–Crippen LogP) is 2.97. The standard InChI is InChI=1S/C20H23NO5/c1-25-16-10-7-14(8-11-16)17(13-20(23)24)21-19(22)12-9-15-5-3-4-6-18(15)26-2/h3-8,10-11,17H,9,12-13H2,1-2H3,(H,21,22)(H,23,24). The number of rotatable bonds is 9. The second kappa shape index (κ2) is 9.46. The number of amides is 1. The number of aliphatic carboxylic acids is 1. The Morgan fingerprint density at radius 3 is 2.35 bits per heavy atom. The van der Waals surface area contributed by atoms with Crippen LogP contribution in [0.3, 0.4) is 0 Å². The molecule has 1 atom stereocenters. The van der Waals surface area contributed by atoms with Crippen molar-refractivity contribution in [3.05, 3.63) is 59.7 Å². The number of hydrogen-bond acceptors (Lipinski definition) is 4. The Morgan fingerprint density at radius 2 is 1.73 bits per heavy atom. The molecule has 6 nitrogen and oxygen atoms in total. The number of carbonyl (C=O) groups is 2. The van der Waals surface area contributed by atoms with E-state index in [1.165, 1.54) is 0 Å². The second-order valence-corrected chi connectivity index (χ2v) is 5.80. The van der Waals surface area contributed by atoms with Gasteiger partial charge in [0, 0.05) is 6.42 Å². The Morgan fingerprint density at radius 1 is 1.04 bits per heavy atom. The van der Waals surface area contributed by atoms with Gasteiger partial charge in [0.05, 0.1) is 26.7 Å². The molecule has 0 spiro atoms. The first-order valence-corrected chi connectivity index (χ1v) is 8.30. The monoisotopic (exact) mass is 357 g/mol. The highest BCUT2D eigenvalue weighted by atomic mass is 16.5. The van der Waals surface area contributed by atoms with Gasteiger partial charge in [-0.2, -0.15) is 0 Å². The van der Waals surface area contributed by atoms with Gasteiger partial charge in [0.2, 0.25) is 5.91 Å². The number of methoxy groups -OCH3 is 2. The molecule has 0 aromatic heterocycles. The highest BCUT2D eigenvalue weighted by Crippen LogP contribution is 2.22. The molecule has 1 unspecified atom stereocenters. The fraction of sp³-hybridized carbons (Fsp3) is 0.300. The summed E-state index contributed by atoms with van der Waals surface area (Å²) in [5.41, 5.74) is 1.66. The third-order valence-corrected chi connectivity index (χ3v) is 4.05. The minimum atomic E-state index is -0.976. The van der Waals surface area contributed by atoms with Crippen LogP contribution in [0.4, 0.5) is 0 Å². The largest absolute Gasteiger partial charge is 0.497 e. The number of carboxylic acid groups (broad SMARTS) is 1. The summed E-state index contributed by atoms with van der Waals surface area (Å²) in [6, 6.07) is 13.9. The maximum absolute atomic E-state index is 12.3. The summed E-state index contributed by atoms with van der Waals surface area (Å²) in [6.45, 7) is 0. The molecule has 0 saturated heterocycles. The van der Waals surface area contributed by atoms with Crippen LogP contribution in [0.5, 0.6) is 11.5 Å². The second-order valence-electron chi connectivity index (χ2n) is 5.80. The SMILES string of the molecule is COc1ccc(C(CC(=O)O)NC(=O)CCc2ccccc2OC)cc1. The Labute approximate surface area is 152 Å². The molecule has 138 valence electrons. The molecule has 2 rings (SSSR count). The number of carboxylic acids is 1. The lowest BCUT2D eigenvalue weighted by Gasteiger charge is -2.18. The van der Waals surface area contributed by atoms with Crippen LogP contribution >= 0.6 is 0 Å². The van der Waals surface area contributed by atoms with Crippen molar-refractivity contribution in [1.82, 2.24) is 5.32 Å². The van der Waals surface area contributed by atoms with E-state index in [4.69, 9.17) is 14.6 Å². The van der Waals surface area contributed by atoms with Crippen LogP contribution in [-0.2, 0) is 16.0 Å². The van der Waals surface area contributed by atoms with Crippen LogP contribution in [0.2, 0.25) is 0 Å². The van der Waals surface area contributed by atoms with Gasteiger partial charge in [0.1, 0.15) is 11.5 Å². The lowest BCUT2D eigenvalue weighted by Crippen LogP contribution is -2.30. The van der Waals surface area contributed by atoms with E-state index in [-0.39, 0.29) is 18.7 Å². The van der Waals surface area contributed by atoms with Crippen molar-refractivity contribution in [3.63, 3.8) is 0 Å². The molecule has 0 bridgehead atoms. The number of ether oxygens (including phenoxy) is 2. The fourth-order valence-electron chi connectivity index (χ4n) is 2.69. The summed E-state index contributed by atoms with van der Waals surface area (Å²) < 4.78 is 10.4. The van der Waals surface area contributed by atoms with Crippen molar-refractivity contribution in [1.29, 1.82) is 0 Å². The zero-order valence-corrected chi connectivity index (χ0v) is 14.9. The molecule has 0 aliphatic carbocycles. The van der Waals surface area contributed by atoms with Crippen molar-refractivity contribution in [2.24, 2.45) is 0 Å². The third kappa shape index (κ3) is 5.51. The van der Waals surface area contributed by atoms with Crippen LogP contribution in [0, 0.1) is 0 Å². The average Bonchev–Trinajstić information content (AvgIpc) is 2.65. The topological polar surface area (TPSA) is 84.9 Å². The van der Waals surface area contributed by atoms with E-state index in [0.717, 1.165) is 16.9 Å². The minimum Gasteiger partial charge on any atom is -0.497 e. The van der Waals surface area contributed by atoms with Gasteiger partial charge in [-0.05, 0) is 35.7 Å². The zero-order valence-electron chi connectivity index (χ0n) is 14.9. The van der Waals surface area contributed by atoms with Gasteiger partial charge in [-0.1, -0.05) is 30.3 Å². The van der Waals surface area contributed by atoms with E-state index < -0.39 is 12.0 Å². The molecular weight excluding hydrogens is 334 g/mol. The van der Waals surface area contributed by atoms with Crippen molar-refractivity contribution in [3.8, 4) is 11.5 Å². The summed E-state index contributed by atoms with van der Waals surface area (Å²) in [5.74, 6) is 0.219. The average molecular weight is 357 g/mol. The van der Waals surface area contributed by atoms with Crippen LogP contribution in [0.25, 0.3) is 0 Å². The maximum atomic E-state index is 12.3. The molecule has 0 aliphatic rings. The lowest BCUT2D eigenvalue weighted by atomic mass is 10.0. The van der Waals surface area contributed by atoms with Crippen LogP contribution in [0.1, 0.15) is 30.0 Å². The van der Waals surface area contributed by atoms with Crippen molar-refractivity contribution >= 4 is 11.9 Å². The number of para-hydroxylation sites is 1. The van der Waals surface area contributed by atoms with Crippen LogP contribution in [-0.4, -0.2) is 31.2 Å². The van der Waals surface area contributed by atoms with E-state index in [2.05, 4.69) is 5.32 Å². The van der Waals surface area contributed by atoms with Crippen molar-refractivity contribution < 1.29 is 24.2 Å². The highest BCUT2D eigenvalue weighted by Gasteiger charge is 2.18. The molecule has 1 amide bonds. The Hall–Kier alpha value is -3.02. The van der Waals surface area contributed by atoms with E-state index in [9.17, 15) is 9.59 Å². The molecule has 0 fully saturated rings. The fourth-order valence-corrected chi connectivity index (χ4v) is 2.69. The molecule has 2 N–H and O–H groups in total.